The number of aromatic nitrogens is 2. The van der Waals surface area contributed by atoms with Crippen molar-refractivity contribution in [2.24, 2.45) is 4.99 Å². The Morgan fingerprint density at radius 1 is 1.29 bits per heavy atom. The molecule has 1 aromatic heterocycles. The van der Waals surface area contributed by atoms with E-state index in [9.17, 15) is 0 Å². The first kappa shape index (κ1) is 15.9. The van der Waals surface area contributed by atoms with Crippen LogP contribution in [0.2, 0.25) is 0 Å². The highest BCUT2D eigenvalue weighted by molar-refractivity contribution is 7.98. The normalized spacial score (nSPS) is 16.2. The maximum absolute atomic E-state index is 4.69. The first-order valence-electron chi connectivity index (χ1n) is 7.39. The van der Waals surface area contributed by atoms with E-state index in [1.807, 2.05) is 17.8 Å². The largest absolute Gasteiger partial charge is 0.357 e. The minimum atomic E-state index is 0.821. The Labute approximate surface area is 131 Å². The van der Waals surface area contributed by atoms with Gasteiger partial charge in [-0.1, -0.05) is 0 Å². The molecule has 0 atom stereocenters. The van der Waals surface area contributed by atoms with Gasteiger partial charge < -0.3 is 15.1 Å². The van der Waals surface area contributed by atoms with E-state index in [-0.39, 0.29) is 0 Å². The Balaban J connectivity index is 1.90. The summed E-state index contributed by atoms with van der Waals surface area (Å²) in [5.41, 5.74) is 0. The Bertz CT molecular complexity index is 430. The van der Waals surface area contributed by atoms with Gasteiger partial charge in [-0.3, -0.25) is 4.99 Å². The van der Waals surface area contributed by atoms with Crippen LogP contribution in [0.4, 0.5) is 5.95 Å². The number of hydrogen-bond donors (Lipinski definition) is 1. The van der Waals surface area contributed by atoms with Crippen LogP contribution in [-0.4, -0.2) is 72.1 Å². The molecule has 2 rings (SSSR count). The van der Waals surface area contributed by atoms with Gasteiger partial charge in [-0.25, -0.2) is 9.97 Å². The average molecular weight is 308 g/mol. The molecular formula is C14H24N6S. The third-order valence-corrected chi connectivity index (χ3v) is 3.90. The van der Waals surface area contributed by atoms with E-state index in [1.165, 1.54) is 0 Å². The summed E-state index contributed by atoms with van der Waals surface area (Å²) >= 11 is 1.83. The Hall–Kier alpha value is -1.50. The van der Waals surface area contributed by atoms with Crippen molar-refractivity contribution in [3.8, 4) is 0 Å². The van der Waals surface area contributed by atoms with Gasteiger partial charge in [0.1, 0.15) is 0 Å². The molecule has 0 unspecified atom stereocenters. The lowest BCUT2D eigenvalue weighted by molar-refractivity contribution is 0.370. The van der Waals surface area contributed by atoms with Gasteiger partial charge >= 0.3 is 0 Å². The van der Waals surface area contributed by atoms with Crippen LogP contribution in [0.1, 0.15) is 6.92 Å². The van der Waals surface area contributed by atoms with Crippen molar-refractivity contribution in [3.63, 3.8) is 0 Å². The third-order valence-electron chi connectivity index (χ3n) is 3.31. The molecule has 21 heavy (non-hydrogen) atoms. The standard InChI is InChI=1S/C14H24N6S/c1-3-15-13(18-7-12-21-2)19-8-10-20(11-9-19)14-16-5-4-6-17-14/h4-6H,3,7-12H2,1-2H3,(H,15,18). The van der Waals surface area contributed by atoms with Crippen LogP contribution in [0.5, 0.6) is 0 Å². The van der Waals surface area contributed by atoms with Crippen LogP contribution in [0.15, 0.2) is 23.5 Å². The number of nitrogens with one attached hydrogen (secondary N) is 1. The van der Waals surface area contributed by atoms with Gasteiger partial charge in [-0.2, -0.15) is 11.8 Å². The van der Waals surface area contributed by atoms with E-state index in [0.717, 1.165) is 56.9 Å². The SMILES string of the molecule is CCNC(=NCCSC)N1CCN(c2ncccn2)CC1. The van der Waals surface area contributed by atoms with E-state index < -0.39 is 0 Å². The van der Waals surface area contributed by atoms with Crippen LogP contribution in [0, 0.1) is 0 Å². The molecule has 0 bridgehead atoms. The maximum Gasteiger partial charge on any atom is 0.225 e. The Morgan fingerprint density at radius 2 is 2.00 bits per heavy atom. The molecule has 1 fully saturated rings. The quantitative estimate of drug-likeness (QED) is 0.496. The highest BCUT2D eigenvalue weighted by Crippen LogP contribution is 2.09. The highest BCUT2D eigenvalue weighted by Gasteiger charge is 2.20. The molecule has 0 spiro atoms. The predicted molar refractivity (Wildman–Crippen MR) is 90.2 cm³/mol. The number of nitrogens with zero attached hydrogens (tertiary/aromatic N) is 5. The molecule has 7 heteroatoms. The van der Waals surface area contributed by atoms with Gasteiger partial charge in [-0.15, -0.1) is 0 Å². The van der Waals surface area contributed by atoms with E-state index in [4.69, 9.17) is 0 Å². The summed E-state index contributed by atoms with van der Waals surface area (Å²) in [7, 11) is 0. The highest BCUT2D eigenvalue weighted by atomic mass is 32.2. The summed E-state index contributed by atoms with van der Waals surface area (Å²) in [4.78, 5) is 17.9. The lowest BCUT2D eigenvalue weighted by Crippen LogP contribution is -2.53. The molecule has 1 aliphatic rings. The summed E-state index contributed by atoms with van der Waals surface area (Å²) in [6.45, 7) is 7.63. The van der Waals surface area contributed by atoms with E-state index in [0.29, 0.717) is 0 Å². The van der Waals surface area contributed by atoms with Gasteiger partial charge in [0.05, 0.1) is 6.54 Å². The van der Waals surface area contributed by atoms with Gasteiger partial charge in [-0.05, 0) is 19.2 Å². The van der Waals surface area contributed by atoms with Crippen molar-refractivity contribution in [1.29, 1.82) is 0 Å². The van der Waals surface area contributed by atoms with Crippen LogP contribution in [-0.2, 0) is 0 Å². The number of thioether (sulfide) groups is 1. The summed E-state index contributed by atoms with van der Waals surface area (Å²) in [5, 5.41) is 3.38. The van der Waals surface area contributed by atoms with Crippen molar-refractivity contribution >= 4 is 23.7 Å². The second-order valence-electron chi connectivity index (χ2n) is 4.75. The minimum absolute atomic E-state index is 0.821. The molecule has 0 amide bonds. The molecule has 116 valence electrons. The molecule has 0 radical (unpaired) electrons. The molecule has 2 heterocycles. The molecule has 1 N–H and O–H groups in total. The summed E-state index contributed by atoms with van der Waals surface area (Å²) in [6, 6.07) is 1.85. The van der Waals surface area contributed by atoms with Gasteiger partial charge in [0, 0.05) is 50.9 Å². The Morgan fingerprint density at radius 3 is 2.62 bits per heavy atom. The fraction of sp³-hybridized carbons (Fsp3) is 0.643. The zero-order chi connectivity index (χ0) is 14.9. The molecule has 1 saturated heterocycles. The van der Waals surface area contributed by atoms with Crippen LogP contribution in [0.25, 0.3) is 0 Å². The monoisotopic (exact) mass is 308 g/mol. The summed E-state index contributed by atoms with van der Waals surface area (Å²) < 4.78 is 0. The van der Waals surface area contributed by atoms with Crippen molar-refractivity contribution in [2.75, 3.05) is 56.2 Å². The molecule has 1 aromatic rings. The first-order valence-corrected chi connectivity index (χ1v) is 8.78. The number of rotatable bonds is 5. The molecule has 0 aromatic carbocycles. The van der Waals surface area contributed by atoms with Crippen LogP contribution in [0.3, 0.4) is 0 Å². The number of anilines is 1. The minimum Gasteiger partial charge on any atom is -0.357 e. The number of guanidine groups is 1. The second-order valence-corrected chi connectivity index (χ2v) is 5.74. The smallest absolute Gasteiger partial charge is 0.225 e. The predicted octanol–water partition coefficient (Wildman–Crippen LogP) is 0.927. The van der Waals surface area contributed by atoms with Crippen LogP contribution < -0.4 is 10.2 Å². The number of aliphatic imine (C=N–C) groups is 1. The van der Waals surface area contributed by atoms with Gasteiger partial charge in [0.15, 0.2) is 5.96 Å². The number of piperazine rings is 1. The van der Waals surface area contributed by atoms with Crippen LogP contribution >= 0.6 is 11.8 Å². The van der Waals surface area contributed by atoms with E-state index in [2.05, 4.69) is 43.3 Å². The molecule has 1 aliphatic heterocycles. The van der Waals surface area contributed by atoms with Crippen molar-refractivity contribution < 1.29 is 0 Å². The average Bonchev–Trinajstić information content (AvgIpc) is 2.55. The van der Waals surface area contributed by atoms with Gasteiger partial charge in [0.25, 0.3) is 0 Å². The summed E-state index contributed by atoms with van der Waals surface area (Å²) in [6.07, 6.45) is 5.70. The first-order chi connectivity index (χ1) is 10.3. The number of hydrogen-bond acceptors (Lipinski definition) is 5. The fourth-order valence-corrected chi connectivity index (χ4v) is 2.52. The Kier molecular flexibility index (Phi) is 6.59. The lowest BCUT2D eigenvalue weighted by atomic mass is 10.3. The van der Waals surface area contributed by atoms with E-state index >= 15 is 0 Å². The molecular weight excluding hydrogens is 284 g/mol. The molecule has 6 nitrogen and oxygen atoms in total. The van der Waals surface area contributed by atoms with Gasteiger partial charge in [0.2, 0.25) is 5.95 Å². The third kappa shape index (κ3) is 4.77. The topological polar surface area (TPSA) is 56.7 Å². The van der Waals surface area contributed by atoms with Crippen molar-refractivity contribution in [3.05, 3.63) is 18.5 Å². The zero-order valence-electron chi connectivity index (χ0n) is 12.8. The van der Waals surface area contributed by atoms with Crippen molar-refractivity contribution in [1.82, 2.24) is 20.2 Å². The van der Waals surface area contributed by atoms with E-state index in [1.54, 1.807) is 12.4 Å². The fourth-order valence-electron chi connectivity index (χ4n) is 2.24. The lowest BCUT2D eigenvalue weighted by Gasteiger charge is -2.36. The zero-order valence-corrected chi connectivity index (χ0v) is 13.6. The van der Waals surface area contributed by atoms with Crippen molar-refractivity contribution in [2.45, 2.75) is 6.92 Å². The maximum atomic E-state index is 4.69. The molecule has 0 aliphatic carbocycles. The summed E-state index contributed by atoms with van der Waals surface area (Å²) in [5.74, 6) is 2.91. The second kappa shape index (κ2) is 8.71. The molecule has 0 saturated carbocycles.